The largest absolute Gasteiger partial charge is 0.442 e. The first kappa shape index (κ1) is 12.3. The summed E-state index contributed by atoms with van der Waals surface area (Å²) < 4.78 is 19.0. The van der Waals surface area contributed by atoms with Gasteiger partial charge in [-0.1, -0.05) is 42.5 Å². The molecular formula is C15H11FN2O2. The third kappa shape index (κ3) is 2.38. The van der Waals surface area contributed by atoms with Crippen LogP contribution in [0.2, 0.25) is 0 Å². The molecule has 5 heteroatoms. The maximum absolute atomic E-state index is 14.2. The fourth-order valence-corrected chi connectivity index (χ4v) is 2.01. The first-order valence-corrected chi connectivity index (χ1v) is 6.09. The number of nitrogens with zero attached hydrogens (tertiary/aromatic N) is 1. The minimum Gasteiger partial charge on any atom is -0.442 e. The maximum Gasteiger partial charge on any atom is 0.428 e. The Morgan fingerprint density at radius 1 is 1.10 bits per heavy atom. The average molecular weight is 270 g/mol. The van der Waals surface area contributed by atoms with E-state index in [4.69, 9.17) is 4.74 Å². The van der Waals surface area contributed by atoms with Crippen molar-refractivity contribution < 1.29 is 13.9 Å². The van der Waals surface area contributed by atoms with E-state index in [0.29, 0.717) is 16.8 Å². The highest BCUT2D eigenvalue weighted by atomic mass is 19.1. The molecule has 2 aromatic carbocycles. The lowest BCUT2D eigenvalue weighted by atomic mass is 10.0. The number of cyclic esters (lactones) is 1. The molecule has 20 heavy (non-hydrogen) atoms. The Morgan fingerprint density at radius 3 is 2.55 bits per heavy atom. The van der Waals surface area contributed by atoms with E-state index in [2.05, 4.69) is 10.5 Å². The van der Waals surface area contributed by atoms with E-state index in [1.807, 2.05) is 30.3 Å². The molecule has 0 unspecified atom stereocenters. The Bertz CT molecular complexity index is 684. The van der Waals surface area contributed by atoms with Gasteiger partial charge < -0.3 is 4.74 Å². The molecule has 4 nitrogen and oxygen atoms in total. The number of benzene rings is 2. The van der Waals surface area contributed by atoms with E-state index in [1.54, 1.807) is 12.1 Å². The first-order chi connectivity index (χ1) is 9.74. The molecule has 0 atom stereocenters. The summed E-state index contributed by atoms with van der Waals surface area (Å²) in [5.41, 5.74) is 4.61. The highest BCUT2D eigenvalue weighted by Crippen LogP contribution is 2.23. The zero-order valence-electron chi connectivity index (χ0n) is 10.5. The molecule has 0 radical (unpaired) electrons. The third-order valence-electron chi connectivity index (χ3n) is 3.01. The summed E-state index contributed by atoms with van der Waals surface area (Å²) in [5.74, 6) is -0.340. The van der Waals surface area contributed by atoms with Crippen LogP contribution in [0.1, 0.15) is 5.56 Å². The van der Waals surface area contributed by atoms with Gasteiger partial charge in [0.15, 0.2) is 0 Å². The van der Waals surface area contributed by atoms with Crippen LogP contribution in [0.3, 0.4) is 0 Å². The molecule has 1 aliphatic heterocycles. The van der Waals surface area contributed by atoms with Gasteiger partial charge in [-0.2, -0.15) is 5.10 Å². The van der Waals surface area contributed by atoms with Gasteiger partial charge in [-0.25, -0.2) is 14.6 Å². The summed E-state index contributed by atoms with van der Waals surface area (Å²) in [7, 11) is 0. The Hall–Kier alpha value is -2.69. The minimum absolute atomic E-state index is 0.0377. The predicted octanol–water partition coefficient (Wildman–Crippen LogP) is 2.94. The molecular weight excluding hydrogens is 259 g/mol. The lowest BCUT2D eigenvalue weighted by Gasteiger charge is -2.14. The molecule has 1 aliphatic rings. The molecule has 0 aliphatic carbocycles. The minimum atomic E-state index is -0.602. The summed E-state index contributed by atoms with van der Waals surface area (Å²) in [5, 5.41) is 3.85. The number of nitrogens with one attached hydrogen (secondary N) is 1. The predicted molar refractivity (Wildman–Crippen MR) is 72.9 cm³/mol. The van der Waals surface area contributed by atoms with Crippen LogP contribution in [0.5, 0.6) is 0 Å². The fraction of sp³-hybridized carbons (Fsp3) is 0.0667. The first-order valence-electron chi connectivity index (χ1n) is 6.09. The monoisotopic (exact) mass is 270 g/mol. The smallest absolute Gasteiger partial charge is 0.428 e. The quantitative estimate of drug-likeness (QED) is 0.912. The number of ether oxygens (including phenoxy) is 1. The van der Waals surface area contributed by atoms with E-state index in [-0.39, 0.29) is 12.4 Å². The van der Waals surface area contributed by atoms with Gasteiger partial charge in [-0.3, -0.25) is 0 Å². The van der Waals surface area contributed by atoms with Crippen LogP contribution in [-0.4, -0.2) is 18.4 Å². The molecule has 0 aromatic heterocycles. The van der Waals surface area contributed by atoms with Gasteiger partial charge in [0.05, 0.1) is 0 Å². The molecule has 3 rings (SSSR count). The molecule has 2 aromatic rings. The number of carbonyl (C=O) groups excluding carboxylic acids is 1. The topological polar surface area (TPSA) is 50.7 Å². The SMILES string of the molecule is O=C1NN=C(c2ccc(-c3ccccc3)c(F)c2)CO1. The van der Waals surface area contributed by atoms with Gasteiger partial charge in [-0.15, -0.1) is 0 Å². The second-order valence-corrected chi connectivity index (χ2v) is 4.31. The molecule has 1 N–H and O–H groups in total. The van der Waals surface area contributed by atoms with E-state index in [9.17, 15) is 9.18 Å². The highest BCUT2D eigenvalue weighted by molar-refractivity contribution is 6.03. The van der Waals surface area contributed by atoms with Crippen molar-refractivity contribution in [3.8, 4) is 11.1 Å². The Labute approximate surface area is 114 Å². The Balaban J connectivity index is 1.94. The van der Waals surface area contributed by atoms with Gasteiger partial charge in [0.2, 0.25) is 0 Å². The zero-order chi connectivity index (χ0) is 13.9. The van der Waals surface area contributed by atoms with Gasteiger partial charge in [0, 0.05) is 11.1 Å². The third-order valence-corrected chi connectivity index (χ3v) is 3.01. The average Bonchev–Trinajstić information content (AvgIpc) is 2.49. The number of rotatable bonds is 2. The molecule has 0 fully saturated rings. The van der Waals surface area contributed by atoms with E-state index in [1.165, 1.54) is 6.07 Å². The van der Waals surface area contributed by atoms with Crippen LogP contribution in [0.15, 0.2) is 53.6 Å². The molecule has 0 saturated carbocycles. The molecule has 100 valence electrons. The van der Waals surface area contributed by atoms with Crippen molar-refractivity contribution >= 4 is 11.8 Å². The van der Waals surface area contributed by atoms with Crippen LogP contribution < -0.4 is 5.43 Å². The van der Waals surface area contributed by atoms with Gasteiger partial charge in [-0.05, 0) is 11.6 Å². The number of carbonyl (C=O) groups is 1. The van der Waals surface area contributed by atoms with Crippen molar-refractivity contribution in [3.63, 3.8) is 0 Å². The zero-order valence-corrected chi connectivity index (χ0v) is 10.5. The van der Waals surface area contributed by atoms with Crippen molar-refractivity contribution in [2.75, 3.05) is 6.61 Å². The molecule has 1 amide bonds. The normalized spacial score (nSPS) is 14.2. The summed E-state index contributed by atoms with van der Waals surface area (Å²) in [4.78, 5) is 10.8. The number of halogens is 1. The Kier molecular flexibility index (Phi) is 3.16. The summed E-state index contributed by atoms with van der Waals surface area (Å²) in [6.07, 6.45) is -0.602. The number of hydrazone groups is 1. The number of hydrogen-bond acceptors (Lipinski definition) is 3. The van der Waals surface area contributed by atoms with Crippen molar-refractivity contribution in [2.45, 2.75) is 0 Å². The van der Waals surface area contributed by atoms with E-state index in [0.717, 1.165) is 5.56 Å². The summed E-state index contributed by atoms with van der Waals surface area (Å²) >= 11 is 0. The number of hydrogen-bond donors (Lipinski definition) is 1. The molecule has 0 spiro atoms. The maximum atomic E-state index is 14.2. The molecule has 0 saturated heterocycles. The van der Waals surface area contributed by atoms with Crippen LogP contribution in [0.25, 0.3) is 11.1 Å². The molecule has 1 heterocycles. The van der Waals surface area contributed by atoms with Crippen molar-refractivity contribution in [1.29, 1.82) is 0 Å². The summed E-state index contributed by atoms with van der Waals surface area (Å²) in [6.45, 7) is 0.0377. The standard InChI is InChI=1S/C15H11FN2O2/c16-13-8-11(14-9-20-15(19)18-17-14)6-7-12(13)10-4-2-1-3-5-10/h1-8H,9H2,(H,18,19). The lowest BCUT2D eigenvalue weighted by molar-refractivity contribution is 0.157. The highest BCUT2D eigenvalue weighted by Gasteiger charge is 2.15. The Morgan fingerprint density at radius 2 is 1.90 bits per heavy atom. The van der Waals surface area contributed by atoms with Crippen LogP contribution in [-0.2, 0) is 4.74 Å². The van der Waals surface area contributed by atoms with Crippen LogP contribution in [0.4, 0.5) is 9.18 Å². The second-order valence-electron chi connectivity index (χ2n) is 4.31. The van der Waals surface area contributed by atoms with Crippen molar-refractivity contribution in [1.82, 2.24) is 5.43 Å². The lowest BCUT2D eigenvalue weighted by Crippen LogP contribution is -2.30. The van der Waals surface area contributed by atoms with Crippen LogP contribution >= 0.6 is 0 Å². The van der Waals surface area contributed by atoms with E-state index < -0.39 is 6.09 Å². The number of amides is 1. The van der Waals surface area contributed by atoms with Crippen LogP contribution in [0, 0.1) is 5.82 Å². The van der Waals surface area contributed by atoms with Crippen molar-refractivity contribution in [2.24, 2.45) is 5.10 Å². The van der Waals surface area contributed by atoms with E-state index >= 15 is 0 Å². The van der Waals surface area contributed by atoms with Crippen molar-refractivity contribution in [3.05, 3.63) is 59.9 Å². The van der Waals surface area contributed by atoms with Gasteiger partial charge in [0.1, 0.15) is 18.1 Å². The molecule has 0 bridgehead atoms. The van der Waals surface area contributed by atoms with Gasteiger partial charge in [0.25, 0.3) is 0 Å². The van der Waals surface area contributed by atoms with Gasteiger partial charge >= 0.3 is 6.09 Å². The summed E-state index contributed by atoms with van der Waals surface area (Å²) in [6, 6.07) is 14.1. The second kappa shape index (κ2) is 5.13. The fourth-order valence-electron chi connectivity index (χ4n) is 2.01.